The summed E-state index contributed by atoms with van der Waals surface area (Å²) < 4.78 is 5.01. The molecule has 0 bridgehead atoms. The van der Waals surface area contributed by atoms with Crippen molar-refractivity contribution in [3.63, 3.8) is 0 Å². The smallest absolute Gasteiger partial charge is 0.338 e. The summed E-state index contributed by atoms with van der Waals surface area (Å²) in [6.45, 7) is 4.44. The highest BCUT2D eigenvalue weighted by atomic mass is 35.5. The van der Waals surface area contributed by atoms with Crippen molar-refractivity contribution in [2.75, 3.05) is 11.5 Å². The summed E-state index contributed by atoms with van der Waals surface area (Å²) in [5.74, 6) is -0.391. The van der Waals surface area contributed by atoms with E-state index in [4.69, 9.17) is 27.9 Å². The van der Waals surface area contributed by atoms with E-state index < -0.39 is 0 Å². The number of hydrogen-bond donors (Lipinski definition) is 0. The molecule has 0 fully saturated rings. The summed E-state index contributed by atoms with van der Waals surface area (Å²) in [5.41, 5.74) is 1.83. The van der Waals surface area contributed by atoms with E-state index in [2.05, 4.69) is 6.92 Å². The lowest BCUT2D eigenvalue weighted by molar-refractivity contribution is -0.118. The number of carbonyl (C=O) groups is 2. The topological polar surface area (TPSA) is 46.6 Å². The maximum absolute atomic E-state index is 12.9. The highest BCUT2D eigenvalue weighted by Crippen LogP contribution is 2.28. The number of nitrogens with zero attached hydrogens (tertiary/aromatic N) is 1. The molecule has 0 aliphatic heterocycles. The van der Waals surface area contributed by atoms with Crippen LogP contribution >= 0.6 is 23.2 Å². The van der Waals surface area contributed by atoms with Crippen LogP contribution in [0, 0.1) is 0 Å². The van der Waals surface area contributed by atoms with Crippen molar-refractivity contribution in [2.45, 2.75) is 46.1 Å². The summed E-state index contributed by atoms with van der Waals surface area (Å²) in [6.07, 6.45) is 3.30. The molecule has 0 unspecified atom stereocenters. The van der Waals surface area contributed by atoms with Gasteiger partial charge in [0, 0.05) is 27.7 Å². The van der Waals surface area contributed by atoms with Gasteiger partial charge in [-0.05, 0) is 49.7 Å². The molecular weight excluding hydrogens is 397 g/mol. The lowest BCUT2D eigenvalue weighted by Crippen LogP contribution is -2.30. The Morgan fingerprint density at radius 2 is 1.61 bits per heavy atom. The van der Waals surface area contributed by atoms with E-state index in [1.807, 2.05) is 0 Å². The van der Waals surface area contributed by atoms with Crippen LogP contribution in [-0.4, -0.2) is 18.5 Å². The average molecular weight is 422 g/mol. The Labute approximate surface area is 176 Å². The number of rotatable bonds is 9. The lowest BCUT2D eigenvalue weighted by atomic mass is 10.1. The fourth-order valence-electron chi connectivity index (χ4n) is 2.82. The van der Waals surface area contributed by atoms with Crippen LogP contribution in [0.2, 0.25) is 10.0 Å². The zero-order chi connectivity index (χ0) is 20.5. The molecule has 0 aliphatic rings. The van der Waals surface area contributed by atoms with E-state index in [9.17, 15) is 9.59 Å². The Bertz CT molecular complexity index is 786. The molecule has 150 valence electrons. The van der Waals surface area contributed by atoms with Gasteiger partial charge in [0.1, 0.15) is 0 Å². The molecule has 1 amide bonds. The van der Waals surface area contributed by atoms with E-state index in [-0.39, 0.29) is 18.4 Å². The molecule has 0 saturated carbocycles. The molecule has 28 heavy (non-hydrogen) atoms. The fraction of sp³-hybridized carbons (Fsp3) is 0.364. The Hall–Kier alpha value is -2.04. The highest BCUT2D eigenvalue weighted by Gasteiger charge is 2.19. The van der Waals surface area contributed by atoms with Gasteiger partial charge in [-0.2, -0.15) is 0 Å². The summed E-state index contributed by atoms with van der Waals surface area (Å²) in [6, 6.07) is 12.1. The van der Waals surface area contributed by atoms with Crippen LogP contribution in [0.25, 0.3) is 0 Å². The number of halogens is 2. The minimum absolute atomic E-state index is 0.00618. The van der Waals surface area contributed by atoms with E-state index in [1.54, 1.807) is 54.3 Å². The molecule has 0 N–H and O–H groups in total. The quantitative estimate of drug-likeness (QED) is 0.353. The van der Waals surface area contributed by atoms with Crippen LogP contribution in [-0.2, 0) is 16.1 Å². The normalized spacial score (nSPS) is 10.6. The molecule has 0 aromatic heterocycles. The molecule has 0 heterocycles. The third-order valence-corrected chi connectivity index (χ3v) is 5.07. The molecule has 4 nitrogen and oxygen atoms in total. The van der Waals surface area contributed by atoms with Gasteiger partial charge in [-0.1, -0.05) is 49.0 Å². The van der Waals surface area contributed by atoms with Crippen LogP contribution < -0.4 is 4.90 Å². The van der Waals surface area contributed by atoms with Gasteiger partial charge in [-0.15, -0.1) is 0 Å². The summed E-state index contributed by atoms with van der Waals surface area (Å²) >= 11 is 12.6. The number of ether oxygens (including phenoxy) is 1. The second-order valence-electron chi connectivity index (χ2n) is 6.40. The number of benzene rings is 2. The van der Waals surface area contributed by atoms with Crippen LogP contribution in [0.4, 0.5) is 5.69 Å². The van der Waals surface area contributed by atoms with Crippen molar-refractivity contribution in [1.82, 2.24) is 0 Å². The van der Waals surface area contributed by atoms with Crippen LogP contribution in [0.5, 0.6) is 0 Å². The Morgan fingerprint density at radius 3 is 2.18 bits per heavy atom. The minimum atomic E-state index is -0.385. The Balaban J connectivity index is 2.30. The first kappa shape index (κ1) is 22.3. The number of carbonyl (C=O) groups excluding carboxylic acids is 2. The number of unbranched alkanes of at least 4 members (excludes halogenated alkanes) is 2. The molecular formula is C22H25Cl2NO3. The van der Waals surface area contributed by atoms with Crippen molar-refractivity contribution >= 4 is 40.8 Å². The van der Waals surface area contributed by atoms with E-state index in [0.717, 1.165) is 19.3 Å². The number of anilines is 1. The molecule has 2 aromatic carbocycles. The van der Waals surface area contributed by atoms with Crippen molar-refractivity contribution in [1.29, 1.82) is 0 Å². The SMILES string of the molecule is CCCCCC(=O)N(Cc1c(Cl)cccc1Cl)c1ccc(C(=O)OCC)cc1. The minimum Gasteiger partial charge on any atom is -0.462 e. The first-order valence-electron chi connectivity index (χ1n) is 9.48. The molecule has 0 atom stereocenters. The monoisotopic (exact) mass is 421 g/mol. The standard InChI is InChI=1S/C22H25Cl2NO3/c1-3-5-6-10-21(26)25(15-18-19(23)8-7-9-20(18)24)17-13-11-16(12-14-17)22(27)28-4-2/h7-9,11-14H,3-6,10,15H2,1-2H3. The van der Waals surface area contributed by atoms with Crippen LogP contribution in [0.15, 0.2) is 42.5 Å². The van der Waals surface area contributed by atoms with Crippen molar-refractivity contribution in [3.05, 3.63) is 63.6 Å². The molecule has 0 spiro atoms. The second kappa shape index (κ2) is 11.1. The number of esters is 1. The van der Waals surface area contributed by atoms with Crippen molar-refractivity contribution in [3.8, 4) is 0 Å². The first-order valence-corrected chi connectivity index (χ1v) is 10.2. The van der Waals surface area contributed by atoms with Gasteiger partial charge in [0.05, 0.1) is 18.7 Å². The molecule has 0 saturated heterocycles. The predicted molar refractivity (Wildman–Crippen MR) is 114 cm³/mol. The highest BCUT2D eigenvalue weighted by molar-refractivity contribution is 6.36. The van der Waals surface area contributed by atoms with Gasteiger partial charge in [-0.25, -0.2) is 4.79 Å². The van der Waals surface area contributed by atoms with Gasteiger partial charge in [0.25, 0.3) is 0 Å². The summed E-state index contributed by atoms with van der Waals surface area (Å²) in [7, 11) is 0. The van der Waals surface area contributed by atoms with Crippen molar-refractivity contribution < 1.29 is 14.3 Å². The lowest BCUT2D eigenvalue weighted by Gasteiger charge is -2.24. The third kappa shape index (κ3) is 5.98. The van der Waals surface area contributed by atoms with Gasteiger partial charge in [0.2, 0.25) is 5.91 Å². The fourth-order valence-corrected chi connectivity index (χ4v) is 3.33. The second-order valence-corrected chi connectivity index (χ2v) is 7.22. The molecule has 0 aliphatic carbocycles. The maximum atomic E-state index is 12.9. The largest absolute Gasteiger partial charge is 0.462 e. The zero-order valence-electron chi connectivity index (χ0n) is 16.2. The van der Waals surface area contributed by atoms with E-state index in [0.29, 0.717) is 39.9 Å². The first-order chi connectivity index (χ1) is 13.5. The van der Waals surface area contributed by atoms with Gasteiger partial charge >= 0.3 is 5.97 Å². The van der Waals surface area contributed by atoms with E-state index >= 15 is 0 Å². The van der Waals surface area contributed by atoms with Crippen molar-refractivity contribution in [2.24, 2.45) is 0 Å². The molecule has 0 radical (unpaired) electrons. The molecule has 2 aromatic rings. The summed E-state index contributed by atoms with van der Waals surface area (Å²) in [5, 5.41) is 1.03. The third-order valence-electron chi connectivity index (χ3n) is 4.36. The number of amides is 1. The number of hydrogen-bond acceptors (Lipinski definition) is 3. The summed E-state index contributed by atoms with van der Waals surface area (Å²) in [4.78, 5) is 26.5. The van der Waals surface area contributed by atoms with Crippen LogP contribution in [0.3, 0.4) is 0 Å². The molecule has 2 rings (SSSR count). The maximum Gasteiger partial charge on any atom is 0.338 e. The van der Waals surface area contributed by atoms with Gasteiger partial charge in [0.15, 0.2) is 0 Å². The van der Waals surface area contributed by atoms with Gasteiger partial charge in [-0.3, -0.25) is 4.79 Å². The average Bonchev–Trinajstić information content (AvgIpc) is 2.68. The zero-order valence-corrected chi connectivity index (χ0v) is 17.7. The Morgan fingerprint density at radius 1 is 0.964 bits per heavy atom. The van der Waals surface area contributed by atoms with Crippen LogP contribution in [0.1, 0.15) is 55.5 Å². The predicted octanol–water partition coefficient (Wildman–Crippen LogP) is 6.28. The molecule has 6 heteroatoms. The Kier molecular flexibility index (Phi) is 8.81. The van der Waals surface area contributed by atoms with Gasteiger partial charge < -0.3 is 9.64 Å². The van der Waals surface area contributed by atoms with E-state index in [1.165, 1.54) is 0 Å².